The van der Waals surface area contributed by atoms with E-state index in [0.29, 0.717) is 31.9 Å². The van der Waals surface area contributed by atoms with Gasteiger partial charge in [-0.15, -0.1) is 0 Å². The first-order valence-electron chi connectivity index (χ1n) is 13.4. The smallest absolute Gasteiger partial charge is 0.338 e. The molecule has 0 spiro atoms. The number of hydrogen-bond donors (Lipinski definition) is 0. The molecule has 0 amide bonds. The van der Waals surface area contributed by atoms with Gasteiger partial charge in [-0.2, -0.15) is 0 Å². The van der Waals surface area contributed by atoms with Gasteiger partial charge in [0.1, 0.15) is 11.6 Å². The fourth-order valence-corrected chi connectivity index (χ4v) is 6.22. The molecule has 40 heavy (non-hydrogen) atoms. The quantitative estimate of drug-likeness (QED) is 0.323. The predicted octanol–water partition coefficient (Wildman–Crippen LogP) is 4.66. The van der Waals surface area contributed by atoms with Crippen LogP contribution < -0.4 is 19.8 Å². The third kappa shape index (κ3) is 4.93. The molecule has 204 valence electrons. The number of thiazole rings is 1. The molecule has 0 bridgehead atoms. The molecule has 7 nitrogen and oxygen atoms in total. The van der Waals surface area contributed by atoms with Crippen LogP contribution in [0.4, 0.5) is 10.3 Å². The zero-order valence-electron chi connectivity index (χ0n) is 22.0. The van der Waals surface area contributed by atoms with Gasteiger partial charge < -0.3 is 14.1 Å². The van der Waals surface area contributed by atoms with E-state index in [-0.39, 0.29) is 17.7 Å². The van der Waals surface area contributed by atoms with Gasteiger partial charge in [-0.3, -0.25) is 9.36 Å². The van der Waals surface area contributed by atoms with E-state index in [1.165, 1.54) is 34.5 Å². The Morgan fingerprint density at radius 2 is 1.82 bits per heavy atom. The van der Waals surface area contributed by atoms with E-state index in [1.807, 2.05) is 42.5 Å². The Labute approximate surface area is 234 Å². The second kappa shape index (κ2) is 11.1. The molecule has 2 aliphatic heterocycles. The third-order valence-electron chi connectivity index (χ3n) is 7.11. The van der Waals surface area contributed by atoms with Crippen LogP contribution in [0, 0.1) is 5.82 Å². The number of anilines is 1. The summed E-state index contributed by atoms with van der Waals surface area (Å²) in [5.41, 5.74) is 1.62. The molecule has 1 saturated heterocycles. The Hall–Kier alpha value is -4.24. The summed E-state index contributed by atoms with van der Waals surface area (Å²) in [6.07, 6.45) is 5.20. The normalized spacial score (nSPS) is 17.5. The SMILES string of the molecule is CCOC(=O)C1=C(c2ccccc2)N=c2s/c(=C\c3ccc(N4CCCCC4)o3)c(=O)n2[C@@H]1c1ccc(F)cc1. The number of piperidine rings is 1. The van der Waals surface area contributed by atoms with Gasteiger partial charge in [0.15, 0.2) is 10.7 Å². The number of hydrogen-bond acceptors (Lipinski definition) is 7. The molecule has 0 unspecified atom stereocenters. The summed E-state index contributed by atoms with van der Waals surface area (Å²) >= 11 is 1.22. The Bertz CT molecular complexity index is 1750. The third-order valence-corrected chi connectivity index (χ3v) is 8.10. The lowest BCUT2D eigenvalue weighted by atomic mass is 9.93. The highest BCUT2D eigenvalue weighted by atomic mass is 32.1. The number of carbonyl (C=O) groups excluding carboxylic acids is 1. The van der Waals surface area contributed by atoms with Gasteiger partial charge in [-0.25, -0.2) is 14.2 Å². The highest BCUT2D eigenvalue weighted by Gasteiger charge is 2.35. The van der Waals surface area contributed by atoms with Crippen molar-refractivity contribution in [2.24, 2.45) is 4.99 Å². The number of rotatable bonds is 6. The predicted molar refractivity (Wildman–Crippen MR) is 152 cm³/mol. The standard InChI is InChI=1S/C31H28FN3O4S/c1-2-38-30(37)26-27(20-9-5-3-6-10-20)33-31-35(28(26)21-11-13-22(32)14-12-21)29(36)24(40-31)19-23-15-16-25(39-23)34-17-7-4-8-18-34/h3,5-6,9-16,19,28H,2,4,7-8,17-18H2,1H3/b24-19-/t28-/m1/s1. The van der Waals surface area contributed by atoms with Crippen molar-refractivity contribution in [3.8, 4) is 0 Å². The molecular formula is C31H28FN3O4S. The van der Waals surface area contributed by atoms with Crippen molar-refractivity contribution in [2.45, 2.75) is 32.2 Å². The van der Waals surface area contributed by atoms with Gasteiger partial charge >= 0.3 is 5.97 Å². The van der Waals surface area contributed by atoms with Gasteiger partial charge in [0.2, 0.25) is 0 Å². The van der Waals surface area contributed by atoms with E-state index >= 15 is 0 Å². The van der Waals surface area contributed by atoms with Gasteiger partial charge in [-0.05, 0) is 49.9 Å². The molecule has 1 fully saturated rings. The van der Waals surface area contributed by atoms with Crippen LogP contribution in [-0.4, -0.2) is 30.2 Å². The zero-order valence-corrected chi connectivity index (χ0v) is 22.8. The van der Waals surface area contributed by atoms with Crippen molar-refractivity contribution in [1.82, 2.24) is 4.57 Å². The first-order valence-corrected chi connectivity index (χ1v) is 14.2. The molecule has 6 rings (SSSR count). The van der Waals surface area contributed by atoms with Gasteiger partial charge in [0, 0.05) is 30.8 Å². The van der Waals surface area contributed by atoms with Crippen molar-refractivity contribution >= 4 is 35.0 Å². The number of fused-ring (bicyclic) bond motifs is 1. The molecule has 0 N–H and O–H groups in total. The fraction of sp³-hybridized carbons (Fsp3) is 0.258. The van der Waals surface area contributed by atoms with Crippen LogP contribution >= 0.6 is 11.3 Å². The molecule has 2 aliphatic rings. The van der Waals surface area contributed by atoms with Crippen molar-refractivity contribution < 1.29 is 18.3 Å². The van der Waals surface area contributed by atoms with Gasteiger partial charge in [0.25, 0.3) is 5.56 Å². The topological polar surface area (TPSA) is 77.0 Å². The van der Waals surface area contributed by atoms with Crippen LogP contribution in [0.5, 0.6) is 0 Å². The average molecular weight is 558 g/mol. The molecule has 4 aromatic rings. The molecule has 0 saturated carbocycles. The lowest BCUT2D eigenvalue weighted by Crippen LogP contribution is -2.40. The largest absolute Gasteiger partial charge is 0.463 e. The minimum atomic E-state index is -0.853. The lowest BCUT2D eigenvalue weighted by Gasteiger charge is -2.25. The number of carbonyl (C=O) groups is 1. The average Bonchev–Trinajstić information content (AvgIpc) is 3.58. The number of halogens is 1. The van der Waals surface area contributed by atoms with Crippen LogP contribution in [0.2, 0.25) is 0 Å². The van der Waals surface area contributed by atoms with Gasteiger partial charge in [-0.1, -0.05) is 53.8 Å². The van der Waals surface area contributed by atoms with Crippen molar-refractivity contribution in [2.75, 3.05) is 24.6 Å². The number of nitrogens with zero attached hydrogens (tertiary/aromatic N) is 3. The molecule has 0 aliphatic carbocycles. The number of esters is 1. The molecule has 2 aromatic carbocycles. The van der Waals surface area contributed by atoms with Crippen molar-refractivity contribution in [3.63, 3.8) is 0 Å². The molecule has 0 radical (unpaired) electrons. The molecule has 2 aromatic heterocycles. The minimum Gasteiger partial charge on any atom is -0.463 e. The molecule has 9 heteroatoms. The van der Waals surface area contributed by atoms with Crippen LogP contribution in [0.3, 0.4) is 0 Å². The van der Waals surface area contributed by atoms with E-state index < -0.39 is 17.8 Å². The number of aromatic nitrogens is 1. The summed E-state index contributed by atoms with van der Waals surface area (Å²) in [7, 11) is 0. The van der Waals surface area contributed by atoms with Crippen LogP contribution in [0.1, 0.15) is 49.1 Å². The number of benzene rings is 2. The van der Waals surface area contributed by atoms with Gasteiger partial charge in [0.05, 0.1) is 28.5 Å². The maximum absolute atomic E-state index is 13.9. The van der Waals surface area contributed by atoms with Crippen molar-refractivity contribution in [1.29, 1.82) is 0 Å². The Balaban J connectivity index is 1.54. The monoisotopic (exact) mass is 557 g/mol. The Morgan fingerprint density at radius 3 is 2.55 bits per heavy atom. The Morgan fingerprint density at radius 1 is 1.07 bits per heavy atom. The minimum absolute atomic E-state index is 0.156. The van der Waals surface area contributed by atoms with Crippen molar-refractivity contribution in [3.05, 3.63) is 115 Å². The lowest BCUT2D eigenvalue weighted by molar-refractivity contribution is -0.138. The first-order chi connectivity index (χ1) is 19.5. The van der Waals surface area contributed by atoms with Crippen LogP contribution in [0.25, 0.3) is 11.8 Å². The highest BCUT2D eigenvalue weighted by Crippen LogP contribution is 2.35. The van der Waals surface area contributed by atoms with E-state index in [1.54, 1.807) is 25.1 Å². The van der Waals surface area contributed by atoms with Crippen LogP contribution in [-0.2, 0) is 9.53 Å². The summed E-state index contributed by atoms with van der Waals surface area (Å²) in [4.78, 5) is 34.8. The molecule has 1 atom stereocenters. The number of furan rings is 1. The summed E-state index contributed by atoms with van der Waals surface area (Å²) in [5, 5.41) is 0. The van der Waals surface area contributed by atoms with Crippen LogP contribution in [0.15, 0.2) is 86.5 Å². The van der Waals surface area contributed by atoms with E-state index in [4.69, 9.17) is 14.1 Å². The van der Waals surface area contributed by atoms with E-state index in [9.17, 15) is 14.0 Å². The summed E-state index contributed by atoms with van der Waals surface area (Å²) < 4.78 is 27.4. The van der Waals surface area contributed by atoms with E-state index in [2.05, 4.69) is 4.90 Å². The fourth-order valence-electron chi connectivity index (χ4n) is 5.23. The molecular weight excluding hydrogens is 529 g/mol. The summed E-state index contributed by atoms with van der Waals surface area (Å²) in [6.45, 7) is 3.78. The summed E-state index contributed by atoms with van der Waals surface area (Å²) in [6, 6.07) is 18.1. The van der Waals surface area contributed by atoms with E-state index in [0.717, 1.165) is 31.8 Å². The maximum atomic E-state index is 13.9. The zero-order chi connectivity index (χ0) is 27.6. The summed E-state index contributed by atoms with van der Waals surface area (Å²) in [5.74, 6) is 0.366. The maximum Gasteiger partial charge on any atom is 0.338 e. The Kier molecular flexibility index (Phi) is 7.21. The highest BCUT2D eigenvalue weighted by molar-refractivity contribution is 7.07. The first kappa shape index (κ1) is 26.0. The second-order valence-electron chi connectivity index (χ2n) is 9.71. The second-order valence-corrected chi connectivity index (χ2v) is 10.7. The molecule has 4 heterocycles. The number of ether oxygens (including phenoxy) is 1.